The lowest BCUT2D eigenvalue weighted by molar-refractivity contribution is -0.139. The molecule has 1 heterocycles. The van der Waals surface area contributed by atoms with Crippen molar-refractivity contribution in [3.63, 3.8) is 0 Å². The molecule has 1 atom stereocenters. The summed E-state index contributed by atoms with van der Waals surface area (Å²) in [4.78, 5) is 29.2. The van der Waals surface area contributed by atoms with E-state index >= 15 is 0 Å². The zero-order chi connectivity index (χ0) is 13.5. The number of carbonyl (C=O) groups is 2. The standard InChI is InChI=1S/C10H12ClN3O3S/c1-6-2-8(11)14-9(13-6)4-18-3-7(10(16)17)12-5-15/h2,5,7H,3-4H2,1H3,(H,12,15)(H,16,17). The Morgan fingerprint density at radius 3 is 2.94 bits per heavy atom. The van der Waals surface area contributed by atoms with E-state index in [0.717, 1.165) is 5.69 Å². The number of aryl methyl sites for hydroxylation is 1. The van der Waals surface area contributed by atoms with E-state index in [1.54, 1.807) is 13.0 Å². The van der Waals surface area contributed by atoms with Gasteiger partial charge in [0.05, 0.1) is 5.75 Å². The second-order valence-electron chi connectivity index (χ2n) is 3.44. The molecular formula is C10H12ClN3O3S. The van der Waals surface area contributed by atoms with E-state index in [0.29, 0.717) is 23.1 Å². The second kappa shape index (κ2) is 7.17. The van der Waals surface area contributed by atoms with E-state index in [9.17, 15) is 9.59 Å². The number of amides is 1. The summed E-state index contributed by atoms with van der Waals surface area (Å²) in [6, 6.07) is 0.733. The zero-order valence-electron chi connectivity index (χ0n) is 9.59. The summed E-state index contributed by atoms with van der Waals surface area (Å²) in [6.07, 6.45) is 0.374. The second-order valence-corrected chi connectivity index (χ2v) is 4.86. The van der Waals surface area contributed by atoms with Gasteiger partial charge in [-0.3, -0.25) is 4.79 Å². The topological polar surface area (TPSA) is 92.2 Å². The molecule has 8 heteroatoms. The van der Waals surface area contributed by atoms with E-state index in [-0.39, 0.29) is 5.75 Å². The number of carbonyl (C=O) groups excluding carboxylic acids is 1. The number of halogens is 1. The van der Waals surface area contributed by atoms with Crippen molar-refractivity contribution in [3.05, 3.63) is 22.7 Å². The van der Waals surface area contributed by atoms with Gasteiger partial charge in [0, 0.05) is 11.4 Å². The van der Waals surface area contributed by atoms with E-state index in [1.807, 2.05) is 0 Å². The molecule has 1 amide bonds. The van der Waals surface area contributed by atoms with Crippen molar-refractivity contribution in [2.75, 3.05) is 5.75 Å². The lowest BCUT2D eigenvalue weighted by Gasteiger charge is -2.10. The Labute approximate surface area is 113 Å². The molecule has 1 aromatic rings. The molecule has 0 aromatic carbocycles. The number of aromatic nitrogens is 2. The van der Waals surface area contributed by atoms with Crippen LogP contribution in [0.1, 0.15) is 11.5 Å². The van der Waals surface area contributed by atoms with Crippen LogP contribution in [0.3, 0.4) is 0 Å². The van der Waals surface area contributed by atoms with Gasteiger partial charge in [-0.25, -0.2) is 14.8 Å². The minimum Gasteiger partial charge on any atom is -0.480 e. The summed E-state index contributed by atoms with van der Waals surface area (Å²) < 4.78 is 0. The summed E-state index contributed by atoms with van der Waals surface area (Å²) in [5, 5.41) is 11.4. The first-order valence-corrected chi connectivity index (χ1v) is 6.56. The zero-order valence-corrected chi connectivity index (χ0v) is 11.2. The third kappa shape index (κ3) is 4.89. The first-order valence-electron chi connectivity index (χ1n) is 5.03. The van der Waals surface area contributed by atoms with Crippen LogP contribution >= 0.6 is 23.4 Å². The van der Waals surface area contributed by atoms with Crippen molar-refractivity contribution in [1.82, 2.24) is 15.3 Å². The Morgan fingerprint density at radius 1 is 1.67 bits per heavy atom. The molecule has 6 nitrogen and oxygen atoms in total. The fraction of sp³-hybridized carbons (Fsp3) is 0.400. The van der Waals surface area contributed by atoms with Crippen LogP contribution in [0.15, 0.2) is 6.07 Å². The first-order chi connectivity index (χ1) is 8.52. The number of carboxylic acid groups (broad SMARTS) is 1. The highest BCUT2D eigenvalue weighted by Crippen LogP contribution is 2.13. The van der Waals surface area contributed by atoms with Crippen molar-refractivity contribution in [1.29, 1.82) is 0 Å². The number of carboxylic acids is 1. The van der Waals surface area contributed by atoms with Crippen molar-refractivity contribution in [2.24, 2.45) is 0 Å². The lowest BCUT2D eigenvalue weighted by atomic mass is 10.3. The Hall–Kier alpha value is -1.34. The van der Waals surface area contributed by atoms with Crippen molar-refractivity contribution < 1.29 is 14.7 Å². The molecule has 0 radical (unpaired) electrons. The average molecular weight is 290 g/mol. The van der Waals surface area contributed by atoms with E-state index in [4.69, 9.17) is 16.7 Å². The lowest BCUT2D eigenvalue weighted by Crippen LogP contribution is -2.37. The molecule has 1 rings (SSSR count). The van der Waals surface area contributed by atoms with Crippen molar-refractivity contribution in [3.8, 4) is 0 Å². The minimum absolute atomic E-state index is 0.239. The molecular weight excluding hydrogens is 278 g/mol. The summed E-state index contributed by atoms with van der Waals surface area (Å²) >= 11 is 7.09. The molecule has 98 valence electrons. The maximum Gasteiger partial charge on any atom is 0.327 e. The number of aliphatic carboxylic acids is 1. The van der Waals surface area contributed by atoms with Crippen LogP contribution in [0.4, 0.5) is 0 Å². The minimum atomic E-state index is -1.07. The van der Waals surface area contributed by atoms with Crippen LogP contribution in [-0.4, -0.2) is 39.2 Å². The number of nitrogens with zero attached hydrogens (tertiary/aromatic N) is 2. The Balaban J connectivity index is 2.49. The fourth-order valence-corrected chi connectivity index (χ4v) is 2.35. The molecule has 18 heavy (non-hydrogen) atoms. The SMILES string of the molecule is Cc1cc(Cl)nc(CSCC(NC=O)C(=O)O)n1. The summed E-state index contributed by atoms with van der Waals surface area (Å²) in [5.41, 5.74) is 0.756. The van der Waals surface area contributed by atoms with Crippen LogP contribution in [-0.2, 0) is 15.3 Å². The van der Waals surface area contributed by atoms with Crippen molar-refractivity contribution in [2.45, 2.75) is 18.7 Å². The van der Waals surface area contributed by atoms with Gasteiger partial charge in [-0.15, -0.1) is 0 Å². The predicted molar refractivity (Wildman–Crippen MR) is 68.6 cm³/mol. The third-order valence-electron chi connectivity index (χ3n) is 1.95. The van der Waals surface area contributed by atoms with Gasteiger partial charge in [-0.2, -0.15) is 11.8 Å². The summed E-state index contributed by atoms with van der Waals surface area (Å²) in [7, 11) is 0. The summed E-state index contributed by atoms with van der Waals surface area (Å²) in [5.74, 6) is 0.146. The molecule has 0 aliphatic carbocycles. The van der Waals surface area contributed by atoms with Crippen LogP contribution in [0.25, 0.3) is 0 Å². The maximum atomic E-state index is 10.8. The van der Waals surface area contributed by atoms with E-state index < -0.39 is 12.0 Å². The molecule has 1 aromatic heterocycles. The number of hydrogen-bond donors (Lipinski definition) is 2. The molecule has 2 N–H and O–H groups in total. The monoisotopic (exact) mass is 289 g/mol. The van der Waals surface area contributed by atoms with Crippen LogP contribution < -0.4 is 5.32 Å². The van der Waals surface area contributed by atoms with Crippen LogP contribution in [0.5, 0.6) is 0 Å². The molecule has 0 fully saturated rings. The number of rotatable bonds is 7. The van der Waals surface area contributed by atoms with Crippen LogP contribution in [0.2, 0.25) is 5.15 Å². The number of hydrogen-bond acceptors (Lipinski definition) is 5. The van der Waals surface area contributed by atoms with Gasteiger partial charge in [-0.05, 0) is 13.0 Å². The highest BCUT2D eigenvalue weighted by atomic mass is 35.5. The Bertz CT molecular complexity index is 424. The smallest absolute Gasteiger partial charge is 0.327 e. The molecule has 0 aliphatic rings. The van der Waals surface area contributed by atoms with Gasteiger partial charge in [-0.1, -0.05) is 11.6 Å². The van der Waals surface area contributed by atoms with Gasteiger partial charge in [0.1, 0.15) is 17.0 Å². The number of nitrogens with one attached hydrogen (secondary N) is 1. The fourth-order valence-electron chi connectivity index (χ4n) is 1.19. The van der Waals surface area contributed by atoms with E-state index in [2.05, 4.69) is 15.3 Å². The number of thioether (sulfide) groups is 1. The molecule has 0 aliphatic heterocycles. The predicted octanol–water partition coefficient (Wildman–Crippen LogP) is 0.871. The quantitative estimate of drug-likeness (QED) is 0.572. The van der Waals surface area contributed by atoms with Gasteiger partial charge in [0.2, 0.25) is 6.41 Å². The highest BCUT2D eigenvalue weighted by Gasteiger charge is 2.16. The van der Waals surface area contributed by atoms with Gasteiger partial charge in [0.25, 0.3) is 0 Å². The maximum absolute atomic E-state index is 10.8. The normalized spacial score (nSPS) is 11.9. The highest BCUT2D eigenvalue weighted by molar-refractivity contribution is 7.98. The first kappa shape index (κ1) is 14.7. The van der Waals surface area contributed by atoms with Crippen LogP contribution in [0, 0.1) is 6.92 Å². The third-order valence-corrected chi connectivity index (χ3v) is 3.18. The molecule has 1 unspecified atom stereocenters. The molecule has 0 saturated heterocycles. The van der Waals surface area contributed by atoms with E-state index in [1.165, 1.54) is 11.8 Å². The summed E-state index contributed by atoms with van der Waals surface area (Å²) in [6.45, 7) is 1.80. The Kier molecular flexibility index (Phi) is 5.87. The largest absolute Gasteiger partial charge is 0.480 e. The van der Waals surface area contributed by atoms with Gasteiger partial charge >= 0.3 is 5.97 Å². The molecule has 0 bridgehead atoms. The molecule has 0 spiro atoms. The van der Waals surface area contributed by atoms with Gasteiger partial charge in [0.15, 0.2) is 0 Å². The van der Waals surface area contributed by atoms with Crippen molar-refractivity contribution >= 4 is 35.7 Å². The van der Waals surface area contributed by atoms with Gasteiger partial charge < -0.3 is 10.4 Å². The Morgan fingerprint density at radius 2 is 2.39 bits per heavy atom. The molecule has 0 saturated carbocycles. The average Bonchev–Trinajstić information content (AvgIpc) is 2.26.